The second-order valence-corrected chi connectivity index (χ2v) is 7.56. The first-order valence-electron chi connectivity index (χ1n) is 9.17. The molecule has 1 N–H and O–H groups in total. The average molecular weight is 390 g/mol. The maximum Gasteiger partial charge on any atom is 0.412 e. The number of nitro benzene ring substituents is 1. The predicted molar refractivity (Wildman–Crippen MR) is 114 cm³/mol. The van der Waals surface area contributed by atoms with Gasteiger partial charge >= 0.3 is 6.09 Å². The van der Waals surface area contributed by atoms with Crippen molar-refractivity contribution in [2.75, 3.05) is 5.32 Å². The summed E-state index contributed by atoms with van der Waals surface area (Å²) >= 11 is 0. The number of nitrogens with zero attached hydrogens (tertiary/aromatic N) is 1. The molecule has 3 aromatic rings. The molecule has 0 atom stereocenters. The molecule has 0 saturated carbocycles. The number of nitrogens with one attached hydrogen (secondary N) is 1. The molecule has 0 radical (unpaired) electrons. The summed E-state index contributed by atoms with van der Waals surface area (Å²) in [6, 6.07) is 22.4. The van der Waals surface area contributed by atoms with Crippen LogP contribution in [0.2, 0.25) is 0 Å². The molecule has 148 valence electrons. The van der Waals surface area contributed by atoms with Crippen LogP contribution < -0.4 is 5.32 Å². The third-order valence-electron chi connectivity index (χ3n) is 4.16. The van der Waals surface area contributed by atoms with Gasteiger partial charge in [-0.3, -0.25) is 15.4 Å². The molecule has 0 aliphatic heterocycles. The second-order valence-electron chi connectivity index (χ2n) is 7.56. The van der Waals surface area contributed by atoms with E-state index in [2.05, 4.69) is 5.32 Å². The molecule has 1 amide bonds. The number of hydrogen-bond acceptors (Lipinski definition) is 4. The lowest BCUT2D eigenvalue weighted by Crippen LogP contribution is -2.27. The first-order valence-corrected chi connectivity index (χ1v) is 9.17. The lowest BCUT2D eigenvalue weighted by molar-refractivity contribution is -0.383. The van der Waals surface area contributed by atoms with Gasteiger partial charge in [-0.05, 0) is 49.1 Å². The molecule has 0 aliphatic carbocycles. The Balaban J connectivity index is 1.86. The van der Waals surface area contributed by atoms with Crippen molar-refractivity contribution in [3.63, 3.8) is 0 Å². The Bertz CT molecular complexity index is 1020. The van der Waals surface area contributed by atoms with Crippen molar-refractivity contribution in [2.45, 2.75) is 26.4 Å². The number of nitro groups is 1. The van der Waals surface area contributed by atoms with Crippen LogP contribution >= 0.6 is 0 Å². The van der Waals surface area contributed by atoms with Crippen LogP contribution in [0, 0.1) is 10.1 Å². The number of ether oxygens (including phenoxy) is 1. The van der Waals surface area contributed by atoms with Gasteiger partial charge in [-0.1, -0.05) is 60.7 Å². The van der Waals surface area contributed by atoms with Gasteiger partial charge in [0.25, 0.3) is 5.69 Å². The van der Waals surface area contributed by atoms with Gasteiger partial charge in [0.1, 0.15) is 11.3 Å². The van der Waals surface area contributed by atoms with Gasteiger partial charge < -0.3 is 4.74 Å². The van der Waals surface area contributed by atoms with E-state index in [0.717, 1.165) is 16.7 Å². The Morgan fingerprint density at radius 2 is 1.38 bits per heavy atom. The molecule has 0 aromatic heterocycles. The van der Waals surface area contributed by atoms with Gasteiger partial charge in [0.15, 0.2) is 0 Å². The summed E-state index contributed by atoms with van der Waals surface area (Å²) in [7, 11) is 0. The number of amides is 1. The van der Waals surface area contributed by atoms with E-state index in [0.29, 0.717) is 5.56 Å². The van der Waals surface area contributed by atoms with E-state index in [1.54, 1.807) is 26.8 Å². The van der Waals surface area contributed by atoms with Crippen molar-refractivity contribution in [1.82, 2.24) is 0 Å². The van der Waals surface area contributed by atoms with Gasteiger partial charge in [0.05, 0.1) is 4.92 Å². The van der Waals surface area contributed by atoms with Crippen LogP contribution in [0.4, 0.5) is 16.2 Å². The zero-order valence-corrected chi connectivity index (χ0v) is 16.5. The van der Waals surface area contributed by atoms with Crippen LogP contribution in [0.5, 0.6) is 0 Å². The zero-order chi connectivity index (χ0) is 21.0. The molecule has 0 heterocycles. The molecule has 0 saturated heterocycles. The van der Waals surface area contributed by atoms with Crippen LogP contribution in [0.25, 0.3) is 22.3 Å². The lowest BCUT2D eigenvalue weighted by atomic mass is 10.00. The standard InChI is InChI=1S/C23H22N2O4/c1-23(2,3)29-22(26)24-20-14-13-19(15-21(20)25(27)28)18-11-9-17(10-12-18)16-7-5-4-6-8-16/h4-15H,1-3H3,(H,24,26). The molecule has 0 spiro atoms. The van der Waals surface area contributed by atoms with E-state index < -0.39 is 16.6 Å². The van der Waals surface area contributed by atoms with Crippen molar-refractivity contribution >= 4 is 17.5 Å². The molecular formula is C23H22N2O4. The SMILES string of the molecule is CC(C)(C)OC(=O)Nc1ccc(-c2ccc(-c3ccccc3)cc2)cc1[N+](=O)[O-]. The number of carbonyl (C=O) groups is 1. The van der Waals surface area contributed by atoms with Crippen LogP contribution in [0.1, 0.15) is 20.8 Å². The summed E-state index contributed by atoms with van der Waals surface area (Å²) < 4.78 is 5.17. The van der Waals surface area contributed by atoms with Crippen molar-refractivity contribution in [3.8, 4) is 22.3 Å². The molecular weight excluding hydrogens is 368 g/mol. The van der Waals surface area contributed by atoms with Crippen molar-refractivity contribution in [3.05, 3.63) is 82.9 Å². The fourth-order valence-electron chi connectivity index (χ4n) is 2.87. The van der Waals surface area contributed by atoms with Crippen molar-refractivity contribution in [2.24, 2.45) is 0 Å². The summed E-state index contributed by atoms with van der Waals surface area (Å²) in [5.41, 5.74) is 2.89. The van der Waals surface area contributed by atoms with Crippen molar-refractivity contribution < 1.29 is 14.5 Å². The van der Waals surface area contributed by atoms with E-state index in [4.69, 9.17) is 4.74 Å². The minimum absolute atomic E-state index is 0.0916. The number of carbonyl (C=O) groups excluding carboxylic acids is 1. The highest BCUT2D eigenvalue weighted by Gasteiger charge is 2.21. The third kappa shape index (κ3) is 5.19. The number of rotatable bonds is 4. The molecule has 0 bridgehead atoms. The molecule has 3 aromatic carbocycles. The van der Waals surface area contributed by atoms with E-state index in [1.165, 1.54) is 12.1 Å². The van der Waals surface area contributed by atoms with Crippen LogP contribution in [-0.2, 0) is 4.74 Å². The predicted octanol–water partition coefficient (Wildman–Crippen LogP) is 6.28. The van der Waals surface area contributed by atoms with E-state index in [9.17, 15) is 14.9 Å². The summed E-state index contributed by atoms with van der Waals surface area (Å²) in [5.74, 6) is 0. The van der Waals surface area contributed by atoms with Crippen molar-refractivity contribution in [1.29, 1.82) is 0 Å². The monoisotopic (exact) mass is 390 g/mol. The van der Waals surface area contributed by atoms with E-state index >= 15 is 0 Å². The van der Waals surface area contributed by atoms with Crippen LogP contribution in [0.15, 0.2) is 72.8 Å². The minimum atomic E-state index is -0.736. The Morgan fingerprint density at radius 3 is 1.93 bits per heavy atom. The van der Waals surface area contributed by atoms with Gasteiger partial charge in [-0.2, -0.15) is 0 Å². The lowest BCUT2D eigenvalue weighted by Gasteiger charge is -2.19. The molecule has 6 nitrogen and oxygen atoms in total. The highest BCUT2D eigenvalue weighted by molar-refractivity contribution is 5.89. The maximum atomic E-state index is 12.0. The van der Waals surface area contributed by atoms with E-state index in [-0.39, 0.29) is 11.4 Å². The minimum Gasteiger partial charge on any atom is -0.444 e. The number of hydrogen-bond donors (Lipinski definition) is 1. The largest absolute Gasteiger partial charge is 0.444 e. The summed E-state index contributed by atoms with van der Waals surface area (Å²) in [6.07, 6.45) is -0.736. The Labute approximate surface area is 169 Å². The van der Waals surface area contributed by atoms with Gasteiger partial charge in [0.2, 0.25) is 0 Å². The zero-order valence-electron chi connectivity index (χ0n) is 16.5. The molecule has 0 unspecified atom stereocenters. The Hall–Kier alpha value is -3.67. The fourth-order valence-corrected chi connectivity index (χ4v) is 2.87. The first-order chi connectivity index (χ1) is 13.7. The quantitative estimate of drug-likeness (QED) is 0.420. The summed E-state index contributed by atoms with van der Waals surface area (Å²) in [5, 5.41) is 14.0. The van der Waals surface area contributed by atoms with Crippen LogP contribution in [0.3, 0.4) is 0 Å². The van der Waals surface area contributed by atoms with Gasteiger partial charge in [0, 0.05) is 6.07 Å². The normalized spacial score (nSPS) is 11.0. The second kappa shape index (κ2) is 8.14. The topological polar surface area (TPSA) is 81.5 Å². The average Bonchev–Trinajstić information content (AvgIpc) is 2.67. The number of benzene rings is 3. The Kier molecular flexibility index (Phi) is 5.64. The molecule has 0 fully saturated rings. The summed E-state index contributed by atoms with van der Waals surface area (Å²) in [4.78, 5) is 23.0. The van der Waals surface area contributed by atoms with Gasteiger partial charge in [-0.25, -0.2) is 4.79 Å². The van der Waals surface area contributed by atoms with Gasteiger partial charge in [-0.15, -0.1) is 0 Å². The fraction of sp³-hybridized carbons (Fsp3) is 0.174. The maximum absolute atomic E-state index is 12.0. The highest BCUT2D eigenvalue weighted by Crippen LogP contribution is 2.32. The molecule has 0 aliphatic rings. The first kappa shape index (κ1) is 20.1. The van der Waals surface area contributed by atoms with Crippen LogP contribution in [-0.4, -0.2) is 16.6 Å². The molecule has 6 heteroatoms. The molecule has 29 heavy (non-hydrogen) atoms. The third-order valence-corrected chi connectivity index (χ3v) is 4.16. The smallest absolute Gasteiger partial charge is 0.412 e. The Morgan fingerprint density at radius 1 is 0.862 bits per heavy atom. The summed E-state index contributed by atoms with van der Waals surface area (Å²) in [6.45, 7) is 5.18. The van der Waals surface area contributed by atoms with E-state index in [1.807, 2.05) is 54.6 Å². The highest BCUT2D eigenvalue weighted by atomic mass is 16.6. The molecule has 3 rings (SSSR count). The number of anilines is 1.